The Morgan fingerprint density at radius 3 is 2.21 bits per heavy atom. The van der Waals surface area contributed by atoms with Crippen LogP contribution in [0.5, 0.6) is 0 Å². The summed E-state index contributed by atoms with van der Waals surface area (Å²) in [6.45, 7) is 0. The van der Waals surface area contributed by atoms with E-state index < -0.39 is 0 Å². The molecular weight excluding hydrogens is 437 g/mol. The summed E-state index contributed by atoms with van der Waals surface area (Å²) >= 11 is 1.47. The van der Waals surface area contributed by atoms with Crippen molar-refractivity contribution < 1.29 is 14.0 Å². The molecule has 0 aliphatic heterocycles. The van der Waals surface area contributed by atoms with Crippen LogP contribution < -0.4 is 5.32 Å². The predicted octanol–water partition coefficient (Wildman–Crippen LogP) is 6.02. The van der Waals surface area contributed by atoms with Gasteiger partial charge in [-0.2, -0.15) is 0 Å². The van der Waals surface area contributed by atoms with Gasteiger partial charge in [0.05, 0.1) is 5.39 Å². The number of halogens is 1. The molecule has 0 amide bonds. The third-order valence-corrected chi connectivity index (χ3v) is 6.60. The Kier molecular flexibility index (Phi) is 4.38. The zero-order valence-corrected chi connectivity index (χ0v) is 17.8. The molecule has 2 heterocycles. The van der Waals surface area contributed by atoms with E-state index in [2.05, 4.69) is 15.3 Å². The largest absolute Gasteiger partial charge is 0.340 e. The molecule has 7 heteroatoms. The number of benzene rings is 3. The van der Waals surface area contributed by atoms with E-state index in [9.17, 15) is 14.0 Å². The van der Waals surface area contributed by atoms with Gasteiger partial charge < -0.3 is 5.32 Å². The molecule has 33 heavy (non-hydrogen) atoms. The molecule has 2 aromatic heterocycles. The van der Waals surface area contributed by atoms with Crippen molar-refractivity contribution in [1.29, 1.82) is 0 Å². The highest BCUT2D eigenvalue weighted by molar-refractivity contribution is 7.17. The zero-order chi connectivity index (χ0) is 22.5. The van der Waals surface area contributed by atoms with Gasteiger partial charge in [0.25, 0.3) is 0 Å². The first-order valence-corrected chi connectivity index (χ1v) is 11.1. The van der Waals surface area contributed by atoms with Crippen LogP contribution in [0.3, 0.4) is 0 Å². The molecule has 6 rings (SSSR count). The van der Waals surface area contributed by atoms with Gasteiger partial charge in [0.1, 0.15) is 22.8 Å². The molecule has 0 fully saturated rings. The molecule has 0 radical (unpaired) electrons. The summed E-state index contributed by atoms with van der Waals surface area (Å²) in [7, 11) is 0. The molecule has 0 atom stereocenters. The highest BCUT2D eigenvalue weighted by Gasteiger charge is 2.29. The molecule has 0 bridgehead atoms. The van der Waals surface area contributed by atoms with Gasteiger partial charge in [-0.05, 0) is 35.9 Å². The third kappa shape index (κ3) is 3.13. The minimum Gasteiger partial charge on any atom is -0.340 e. The van der Waals surface area contributed by atoms with Crippen molar-refractivity contribution >= 4 is 44.6 Å². The number of carbonyl (C=O) groups excluding carboxylic acids is 2. The monoisotopic (exact) mass is 451 g/mol. The molecule has 0 saturated heterocycles. The minimum absolute atomic E-state index is 0.160. The molecule has 158 valence electrons. The Morgan fingerprint density at radius 2 is 1.45 bits per heavy atom. The maximum Gasteiger partial charge on any atom is 0.194 e. The lowest BCUT2D eigenvalue weighted by Gasteiger charge is -2.18. The van der Waals surface area contributed by atoms with E-state index in [0.29, 0.717) is 33.8 Å². The SMILES string of the molecule is O=C1c2ccccc2C(=O)c2cc(Nc3ncnc4scc(-c5ccc(F)cc5)c34)ccc21. The van der Waals surface area contributed by atoms with E-state index in [4.69, 9.17) is 0 Å². The van der Waals surface area contributed by atoms with E-state index in [1.165, 1.54) is 29.8 Å². The Balaban J connectivity index is 1.43. The van der Waals surface area contributed by atoms with E-state index >= 15 is 0 Å². The summed E-state index contributed by atoms with van der Waals surface area (Å²) in [5.41, 5.74) is 3.95. The number of fused-ring (bicyclic) bond motifs is 3. The molecule has 1 aliphatic rings. The van der Waals surface area contributed by atoms with Crippen LogP contribution in [0.2, 0.25) is 0 Å². The summed E-state index contributed by atoms with van der Waals surface area (Å²) < 4.78 is 13.4. The van der Waals surface area contributed by atoms with Crippen molar-refractivity contribution in [3.8, 4) is 11.1 Å². The number of rotatable bonds is 3. The molecule has 5 aromatic rings. The van der Waals surface area contributed by atoms with Crippen LogP contribution in [0.4, 0.5) is 15.9 Å². The van der Waals surface area contributed by atoms with Crippen molar-refractivity contribution in [1.82, 2.24) is 9.97 Å². The Labute approximate surface area is 191 Å². The number of hydrogen-bond acceptors (Lipinski definition) is 6. The maximum atomic E-state index is 13.4. The quantitative estimate of drug-likeness (QED) is 0.356. The number of nitrogens with zero attached hydrogens (tertiary/aromatic N) is 2. The van der Waals surface area contributed by atoms with Crippen molar-refractivity contribution in [3.63, 3.8) is 0 Å². The average Bonchev–Trinajstić information content (AvgIpc) is 3.28. The van der Waals surface area contributed by atoms with Gasteiger partial charge in [0.15, 0.2) is 11.6 Å². The number of nitrogens with one attached hydrogen (secondary N) is 1. The van der Waals surface area contributed by atoms with Gasteiger partial charge in [0.2, 0.25) is 0 Å². The smallest absolute Gasteiger partial charge is 0.194 e. The lowest BCUT2D eigenvalue weighted by Crippen LogP contribution is -2.20. The van der Waals surface area contributed by atoms with Gasteiger partial charge >= 0.3 is 0 Å². The second-order valence-corrected chi connectivity index (χ2v) is 8.51. The van der Waals surface area contributed by atoms with Crippen LogP contribution in [-0.2, 0) is 0 Å². The number of thiophene rings is 1. The number of carbonyl (C=O) groups is 2. The summed E-state index contributed by atoms with van der Waals surface area (Å²) in [4.78, 5) is 35.5. The molecule has 5 nitrogen and oxygen atoms in total. The van der Waals surface area contributed by atoms with Crippen molar-refractivity contribution in [2.24, 2.45) is 0 Å². The second kappa shape index (κ2) is 7.43. The molecule has 3 aromatic carbocycles. The molecule has 0 saturated carbocycles. The topological polar surface area (TPSA) is 72.0 Å². The van der Waals surface area contributed by atoms with E-state index in [0.717, 1.165) is 21.3 Å². The van der Waals surface area contributed by atoms with E-state index in [1.54, 1.807) is 54.6 Å². The Bertz CT molecular complexity index is 1590. The first-order valence-electron chi connectivity index (χ1n) is 10.2. The molecular formula is C26H14FN3O2S. The van der Waals surface area contributed by atoms with E-state index in [1.807, 2.05) is 5.38 Å². The van der Waals surface area contributed by atoms with Crippen molar-refractivity contribution in [2.75, 3.05) is 5.32 Å². The van der Waals surface area contributed by atoms with Crippen molar-refractivity contribution in [2.45, 2.75) is 0 Å². The molecule has 1 N–H and O–H groups in total. The highest BCUT2D eigenvalue weighted by atomic mass is 32.1. The van der Waals surface area contributed by atoms with Crippen LogP contribution in [0, 0.1) is 5.82 Å². The Morgan fingerprint density at radius 1 is 0.758 bits per heavy atom. The predicted molar refractivity (Wildman–Crippen MR) is 126 cm³/mol. The van der Waals surface area contributed by atoms with E-state index in [-0.39, 0.29) is 17.4 Å². The third-order valence-electron chi connectivity index (χ3n) is 5.71. The number of anilines is 2. The molecule has 0 spiro atoms. The standard InChI is InChI=1S/C26H14FN3O2S/c27-15-7-5-14(6-8-15)21-12-33-26-22(21)25(28-13-29-26)30-16-9-10-19-20(11-16)24(32)18-4-2-1-3-17(18)23(19)31/h1-13H,(H,28,29,30). The fourth-order valence-electron chi connectivity index (χ4n) is 4.13. The molecule has 0 unspecified atom stereocenters. The second-order valence-electron chi connectivity index (χ2n) is 7.65. The first-order chi connectivity index (χ1) is 16.1. The maximum absolute atomic E-state index is 13.4. The minimum atomic E-state index is -0.303. The number of hydrogen-bond donors (Lipinski definition) is 1. The number of aromatic nitrogens is 2. The number of ketones is 2. The van der Waals surface area contributed by atoms with Gasteiger partial charge in [-0.3, -0.25) is 9.59 Å². The average molecular weight is 451 g/mol. The van der Waals surface area contributed by atoms with Crippen molar-refractivity contribution in [3.05, 3.63) is 107 Å². The fourth-order valence-corrected chi connectivity index (χ4v) is 5.04. The fraction of sp³-hybridized carbons (Fsp3) is 0. The Hall–Kier alpha value is -4.23. The molecule has 1 aliphatic carbocycles. The van der Waals surface area contributed by atoms with Gasteiger partial charge in [-0.1, -0.05) is 36.4 Å². The highest BCUT2D eigenvalue weighted by Crippen LogP contribution is 2.38. The normalized spacial score (nSPS) is 12.5. The van der Waals surface area contributed by atoms with Gasteiger partial charge in [-0.15, -0.1) is 11.3 Å². The van der Waals surface area contributed by atoms with Crippen LogP contribution in [-0.4, -0.2) is 21.5 Å². The zero-order valence-electron chi connectivity index (χ0n) is 17.0. The summed E-state index contributed by atoms with van der Waals surface area (Å²) in [5, 5.41) is 6.05. The van der Waals surface area contributed by atoms with Gasteiger partial charge in [-0.25, -0.2) is 14.4 Å². The van der Waals surface area contributed by atoms with Gasteiger partial charge in [0, 0.05) is 38.9 Å². The summed E-state index contributed by atoms with van der Waals surface area (Å²) in [5.74, 6) is -0.0786. The lowest BCUT2D eigenvalue weighted by molar-refractivity contribution is 0.0979. The van der Waals surface area contributed by atoms with Crippen LogP contribution in [0.25, 0.3) is 21.3 Å². The lowest BCUT2D eigenvalue weighted by atomic mass is 9.84. The first kappa shape index (κ1) is 19.5. The summed E-state index contributed by atoms with van der Waals surface area (Å²) in [6.07, 6.45) is 1.47. The van der Waals surface area contributed by atoms with Crippen LogP contribution >= 0.6 is 11.3 Å². The summed E-state index contributed by atoms with van der Waals surface area (Å²) in [6, 6.07) is 18.2. The van der Waals surface area contributed by atoms with Crippen LogP contribution in [0.15, 0.2) is 78.4 Å². The van der Waals surface area contributed by atoms with Crippen LogP contribution in [0.1, 0.15) is 31.8 Å².